The van der Waals surface area contributed by atoms with E-state index in [9.17, 15) is 26.4 Å². The van der Waals surface area contributed by atoms with E-state index in [1.54, 1.807) is 81.4 Å². The minimum absolute atomic E-state index is 0.280. The van der Waals surface area contributed by atoms with Crippen LogP contribution in [0.2, 0.25) is 0 Å². The van der Waals surface area contributed by atoms with Gasteiger partial charge in [-0.3, -0.25) is 0 Å². The van der Waals surface area contributed by atoms with Crippen molar-refractivity contribution in [2.45, 2.75) is 47.2 Å². The van der Waals surface area contributed by atoms with Gasteiger partial charge in [-0.25, -0.2) is 8.42 Å². The molecule has 3 rings (SSSR count). The fraction of sp³-hybridized carbons (Fsp3) is 0.269. The van der Waals surface area contributed by atoms with Gasteiger partial charge in [-0.15, -0.1) is 0 Å². The van der Waals surface area contributed by atoms with Crippen molar-refractivity contribution >= 4 is 26.4 Å². The molecule has 0 aliphatic heterocycles. The van der Waals surface area contributed by atoms with E-state index in [1.165, 1.54) is 24.3 Å². The summed E-state index contributed by atoms with van der Waals surface area (Å²) >= 11 is 0. The second-order valence-electron chi connectivity index (χ2n) is 8.91. The summed E-state index contributed by atoms with van der Waals surface area (Å²) in [6.07, 6.45) is -4.99. The normalized spacial score (nSPS) is 13.1. The van der Waals surface area contributed by atoms with Crippen LogP contribution in [0.4, 0.5) is 13.2 Å². The van der Waals surface area contributed by atoms with Gasteiger partial charge in [-0.1, -0.05) is 36.4 Å². The number of hydrogen-bond acceptors (Lipinski definition) is 6. The summed E-state index contributed by atoms with van der Waals surface area (Å²) in [6, 6.07) is 22.5. The number of esters is 1. The molecule has 0 heterocycles. The van der Waals surface area contributed by atoms with Gasteiger partial charge in [0.1, 0.15) is 11.4 Å². The second-order valence-corrected chi connectivity index (χ2v) is 13.4. The van der Waals surface area contributed by atoms with E-state index in [2.05, 4.69) is 0 Å². The molecule has 11 heteroatoms. The second kappa shape index (κ2) is 11.2. The molecule has 0 saturated carbocycles. The Kier molecular flexibility index (Phi) is 8.61. The highest BCUT2D eigenvalue weighted by molar-refractivity contribution is 8.33. The molecular formula is C26H27F3O6S2. The van der Waals surface area contributed by atoms with E-state index in [4.69, 9.17) is 13.1 Å². The predicted molar refractivity (Wildman–Crippen MR) is 134 cm³/mol. The molecule has 0 amide bonds. The molecular weight excluding hydrogens is 529 g/mol. The average Bonchev–Trinajstić information content (AvgIpc) is 2.80. The first-order chi connectivity index (χ1) is 17.2. The predicted octanol–water partition coefficient (Wildman–Crippen LogP) is 6.51. The average molecular weight is 557 g/mol. The molecule has 0 spiro atoms. The van der Waals surface area contributed by atoms with Gasteiger partial charge >= 0.3 is 12.1 Å². The number of hydrogen-bond donors (Lipinski definition) is 0. The third-order valence-electron chi connectivity index (χ3n) is 4.63. The topological polar surface area (TPSA) is 78.9 Å². The number of benzene rings is 3. The maximum absolute atomic E-state index is 13.1. The quantitative estimate of drug-likeness (QED) is 0.280. The summed E-state index contributed by atoms with van der Waals surface area (Å²) in [5.41, 5.74) is -0.683. The number of rotatable bonds is 9. The van der Waals surface area contributed by atoms with Crippen LogP contribution in [0.15, 0.2) is 99.6 Å². The van der Waals surface area contributed by atoms with E-state index in [0.717, 1.165) is 0 Å². The van der Waals surface area contributed by atoms with Crippen LogP contribution in [0.1, 0.15) is 20.8 Å². The van der Waals surface area contributed by atoms with Gasteiger partial charge < -0.3 is 9.47 Å². The molecule has 0 atom stereocenters. The lowest BCUT2D eigenvalue weighted by molar-refractivity contribution is -0.157. The summed E-state index contributed by atoms with van der Waals surface area (Å²) in [4.78, 5) is 13.1. The third-order valence-corrected chi connectivity index (χ3v) is 9.76. The minimum atomic E-state index is -5.07. The van der Waals surface area contributed by atoms with Crippen LogP contribution < -0.4 is 4.74 Å². The fourth-order valence-corrected chi connectivity index (χ4v) is 8.57. The highest BCUT2D eigenvalue weighted by Crippen LogP contribution is 2.70. The maximum atomic E-state index is 13.1. The Bertz CT molecular complexity index is 1250. The van der Waals surface area contributed by atoms with Crippen LogP contribution in [0.3, 0.4) is 0 Å². The molecule has 200 valence electrons. The van der Waals surface area contributed by atoms with Crippen LogP contribution in [0, 0.1) is 0 Å². The number of halogens is 3. The van der Waals surface area contributed by atoms with Crippen molar-refractivity contribution in [2.24, 2.45) is 0 Å². The lowest BCUT2D eigenvalue weighted by atomic mass is 10.2. The summed E-state index contributed by atoms with van der Waals surface area (Å²) in [5.74, 6) is -2.43. The summed E-state index contributed by atoms with van der Waals surface area (Å²) in [7, 11) is -8.24. The Labute approximate surface area is 216 Å². The number of ether oxygens (including phenoxy) is 2. The van der Waals surface area contributed by atoms with Gasteiger partial charge in [0.25, 0.3) is 10.1 Å². The van der Waals surface area contributed by atoms with Crippen molar-refractivity contribution in [1.82, 2.24) is 0 Å². The third kappa shape index (κ3) is 7.98. The van der Waals surface area contributed by atoms with E-state index in [0.29, 0.717) is 14.7 Å². The SMILES string of the molecule is CC(C)(C)OC(=O)COc1ccc(S(OS(=O)(=O)CC(F)(F)F)(c2ccccc2)c2ccccc2)cc1. The van der Waals surface area contributed by atoms with Gasteiger partial charge in [-0.05, 0) is 79.6 Å². The van der Waals surface area contributed by atoms with Crippen LogP contribution in [-0.2, 0) is 23.3 Å². The zero-order chi connectivity index (χ0) is 27.3. The molecule has 0 N–H and O–H groups in total. The Morgan fingerprint density at radius 3 is 1.65 bits per heavy atom. The van der Waals surface area contributed by atoms with Gasteiger partial charge in [0.2, 0.25) is 0 Å². The van der Waals surface area contributed by atoms with Crippen LogP contribution in [0.25, 0.3) is 0 Å². The van der Waals surface area contributed by atoms with Gasteiger partial charge in [0, 0.05) is 14.7 Å². The molecule has 3 aromatic rings. The highest BCUT2D eigenvalue weighted by atomic mass is 32.3. The van der Waals surface area contributed by atoms with E-state index in [1.807, 2.05) is 0 Å². The molecule has 0 saturated heterocycles. The maximum Gasteiger partial charge on any atom is 0.405 e. The highest BCUT2D eigenvalue weighted by Gasteiger charge is 2.43. The van der Waals surface area contributed by atoms with Crippen molar-refractivity contribution < 1.29 is 39.5 Å². The Morgan fingerprint density at radius 2 is 1.22 bits per heavy atom. The lowest BCUT2D eigenvalue weighted by Crippen LogP contribution is -2.27. The molecule has 0 fully saturated rings. The Morgan fingerprint density at radius 1 is 0.757 bits per heavy atom. The van der Waals surface area contributed by atoms with Crippen molar-refractivity contribution in [3.63, 3.8) is 0 Å². The lowest BCUT2D eigenvalue weighted by Gasteiger charge is -2.39. The fourth-order valence-electron chi connectivity index (χ4n) is 3.37. The van der Waals surface area contributed by atoms with E-state index < -0.39 is 43.9 Å². The molecule has 0 unspecified atom stereocenters. The molecule has 0 aromatic heterocycles. The molecule has 3 aromatic carbocycles. The standard InChI is InChI=1S/C26H27F3O6S2/c1-25(2,3)34-24(30)18-33-20-14-16-23(17-15-20)37(21-10-6-4-7-11-21,22-12-8-5-9-13-22)35-36(31,32)19-26(27,28)29/h4-17H,18-19H2,1-3H3. The van der Waals surface area contributed by atoms with Crippen LogP contribution >= 0.6 is 10.3 Å². The van der Waals surface area contributed by atoms with Crippen molar-refractivity contribution in [3.8, 4) is 5.75 Å². The van der Waals surface area contributed by atoms with E-state index >= 15 is 0 Å². The summed E-state index contributed by atoms with van der Waals surface area (Å²) < 4.78 is 81.2. The first-order valence-corrected chi connectivity index (χ1v) is 14.2. The molecule has 6 nitrogen and oxygen atoms in total. The van der Waals surface area contributed by atoms with Crippen LogP contribution in [-0.4, -0.2) is 38.5 Å². The van der Waals surface area contributed by atoms with Gasteiger partial charge in [-0.2, -0.15) is 21.6 Å². The first-order valence-electron chi connectivity index (χ1n) is 11.1. The zero-order valence-electron chi connectivity index (χ0n) is 20.4. The monoisotopic (exact) mass is 556 g/mol. The van der Waals surface area contributed by atoms with Crippen molar-refractivity contribution in [1.29, 1.82) is 0 Å². The number of carbonyl (C=O) groups is 1. The molecule has 0 radical (unpaired) electrons. The number of alkyl halides is 3. The van der Waals surface area contributed by atoms with Crippen molar-refractivity contribution in [2.75, 3.05) is 12.4 Å². The molecule has 0 aliphatic carbocycles. The Balaban J connectivity index is 2.07. The van der Waals surface area contributed by atoms with Gasteiger partial charge in [0.05, 0.1) is 0 Å². The van der Waals surface area contributed by atoms with Crippen LogP contribution in [0.5, 0.6) is 5.75 Å². The largest absolute Gasteiger partial charge is 0.482 e. The Hall–Kier alpha value is -3.02. The summed E-state index contributed by atoms with van der Waals surface area (Å²) in [6.45, 7) is 4.81. The van der Waals surface area contributed by atoms with Gasteiger partial charge in [0.15, 0.2) is 12.4 Å². The number of carbonyl (C=O) groups excluding carboxylic acids is 1. The minimum Gasteiger partial charge on any atom is -0.482 e. The zero-order valence-corrected chi connectivity index (χ0v) is 22.0. The molecule has 0 aliphatic rings. The van der Waals surface area contributed by atoms with E-state index in [-0.39, 0.29) is 12.4 Å². The summed E-state index contributed by atoms with van der Waals surface area (Å²) in [5, 5.41) is 0. The first kappa shape index (κ1) is 28.5. The smallest absolute Gasteiger partial charge is 0.405 e. The molecule has 37 heavy (non-hydrogen) atoms. The van der Waals surface area contributed by atoms with Crippen molar-refractivity contribution in [3.05, 3.63) is 84.9 Å². The molecule has 0 bridgehead atoms.